The summed E-state index contributed by atoms with van der Waals surface area (Å²) in [5, 5.41) is 9.33. The summed E-state index contributed by atoms with van der Waals surface area (Å²) in [6.45, 7) is 9.19. The molecule has 142 valence electrons. The molecule has 1 saturated heterocycles. The Balaban J connectivity index is 1.70. The lowest BCUT2D eigenvalue weighted by molar-refractivity contribution is -0.0699. The summed E-state index contributed by atoms with van der Waals surface area (Å²) in [4.78, 5) is 17.0. The molecule has 2 unspecified atom stereocenters. The molecule has 1 N–H and O–H groups in total. The fourth-order valence-electron chi connectivity index (χ4n) is 3.54. The maximum absolute atomic E-state index is 12.0. The van der Waals surface area contributed by atoms with Gasteiger partial charge in [0.2, 0.25) is 0 Å². The van der Waals surface area contributed by atoms with Crippen LogP contribution in [0.4, 0.5) is 0 Å². The monoisotopic (exact) mass is 367 g/mol. The zero-order valence-electron chi connectivity index (χ0n) is 16.0. The Morgan fingerprint density at radius 1 is 1.30 bits per heavy atom. The molecule has 1 aromatic heterocycles. The molecule has 27 heavy (non-hydrogen) atoms. The molecule has 3 rings (SSSR count). The smallest absolute Gasteiger partial charge is 0.266 e. The number of rotatable bonds is 5. The van der Waals surface area contributed by atoms with Crippen LogP contribution in [0.1, 0.15) is 25.1 Å². The summed E-state index contributed by atoms with van der Waals surface area (Å²) >= 11 is 0. The first-order chi connectivity index (χ1) is 13.0. The predicted molar refractivity (Wildman–Crippen MR) is 104 cm³/mol. The quantitative estimate of drug-likeness (QED) is 0.879. The van der Waals surface area contributed by atoms with Crippen LogP contribution in [0.5, 0.6) is 5.75 Å². The number of nitriles is 1. The first kappa shape index (κ1) is 19.2. The molecule has 1 aliphatic rings. The Bertz CT molecular complexity index is 890. The number of hydrogen-bond acceptors (Lipinski definition) is 5. The number of nitrogens with zero attached hydrogens (tertiary/aromatic N) is 2. The van der Waals surface area contributed by atoms with Crippen LogP contribution in [0.3, 0.4) is 0 Å². The van der Waals surface area contributed by atoms with Crippen molar-refractivity contribution in [1.82, 2.24) is 9.88 Å². The molecule has 2 heterocycles. The van der Waals surface area contributed by atoms with E-state index in [0.717, 1.165) is 36.6 Å². The number of morpholine rings is 1. The lowest BCUT2D eigenvalue weighted by atomic mass is 10.0. The van der Waals surface area contributed by atoms with E-state index in [1.165, 1.54) is 0 Å². The number of H-pyrrole nitrogens is 1. The molecule has 0 amide bonds. The summed E-state index contributed by atoms with van der Waals surface area (Å²) < 4.78 is 11.7. The number of pyridine rings is 1. The van der Waals surface area contributed by atoms with Crippen LogP contribution >= 0.6 is 0 Å². The van der Waals surface area contributed by atoms with E-state index in [2.05, 4.69) is 23.7 Å². The first-order valence-electron chi connectivity index (χ1n) is 9.21. The van der Waals surface area contributed by atoms with Gasteiger partial charge in [-0.25, -0.2) is 0 Å². The van der Waals surface area contributed by atoms with Gasteiger partial charge in [-0.15, -0.1) is 0 Å². The van der Waals surface area contributed by atoms with Crippen molar-refractivity contribution >= 4 is 0 Å². The Hall–Kier alpha value is -2.62. The number of hydrogen-bond donors (Lipinski definition) is 1. The summed E-state index contributed by atoms with van der Waals surface area (Å²) in [5.74, 6) is 0.726. The van der Waals surface area contributed by atoms with Crippen molar-refractivity contribution in [2.24, 2.45) is 0 Å². The largest absolute Gasteiger partial charge is 0.492 e. The summed E-state index contributed by atoms with van der Waals surface area (Å²) in [7, 11) is 0. The lowest BCUT2D eigenvalue weighted by Crippen LogP contribution is -2.46. The molecule has 6 nitrogen and oxygen atoms in total. The van der Waals surface area contributed by atoms with Crippen molar-refractivity contribution in [3.8, 4) is 22.9 Å². The standard InChI is InChI=1S/C21H25N3O3/c1-14-9-19(20(11-22)21(25)23-14)17-5-4-6-18(10-17)26-8-7-24-12-15(2)27-16(3)13-24/h4-6,9-10,15-16H,7-8,12-13H2,1-3H3,(H,23,25). The summed E-state index contributed by atoms with van der Waals surface area (Å²) in [5.41, 5.74) is 1.89. The maximum atomic E-state index is 12.0. The third-order valence-electron chi connectivity index (χ3n) is 4.60. The van der Waals surface area contributed by atoms with Crippen LogP contribution in [0.2, 0.25) is 0 Å². The second-order valence-corrected chi connectivity index (χ2v) is 7.08. The molecule has 1 fully saturated rings. The number of nitrogens with one attached hydrogen (secondary N) is 1. The molecule has 6 heteroatoms. The fourth-order valence-corrected chi connectivity index (χ4v) is 3.54. The molecule has 0 radical (unpaired) electrons. The van der Waals surface area contributed by atoms with Crippen molar-refractivity contribution in [2.45, 2.75) is 33.0 Å². The van der Waals surface area contributed by atoms with Crippen molar-refractivity contribution < 1.29 is 9.47 Å². The van der Waals surface area contributed by atoms with Crippen molar-refractivity contribution in [1.29, 1.82) is 5.26 Å². The van der Waals surface area contributed by atoms with E-state index in [0.29, 0.717) is 12.2 Å². The molecule has 1 aliphatic heterocycles. The van der Waals surface area contributed by atoms with Crippen LogP contribution < -0.4 is 10.3 Å². The van der Waals surface area contributed by atoms with Gasteiger partial charge in [0, 0.05) is 30.9 Å². The first-order valence-corrected chi connectivity index (χ1v) is 9.21. The number of aryl methyl sites for hydroxylation is 1. The van der Waals surface area contributed by atoms with E-state index in [-0.39, 0.29) is 23.3 Å². The number of aromatic amines is 1. The highest BCUT2D eigenvalue weighted by Gasteiger charge is 2.21. The van der Waals surface area contributed by atoms with Gasteiger partial charge in [-0.05, 0) is 44.5 Å². The van der Waals surface area contributed by atoms with Crippen LogP contribution in [0.25, 0.3) is 11.1 Å². The highest BCUT2D eigenvalue weighted by Crippen LogP contribution is 2.26. The maximum Gasteiger partial charge on any atom is 0.266 e. The minimum absolute atomic E-state index is 0.119. The molecule has 2 atom stereocenters. The normalized spacial score (nSPS) is 20.2. The minimum atomic E-state index is -0.366. The van der Waals surface area contributed by atoms with Crippen LogP contribution in [0, 0.1) is 18.3 Å². The summed E-state index contributed by atoms with van der Waals surface area (Å²) in [6, 6.07) is 11.3. The zero-order chi connectivity index (χ0) is 19.4. The van der Waals surface area contributed by atoms with Gasteiger partial charge in [-0.1, -0.05) is 12.1 Å². The van der Waals surface area contributed by atoms with Gasteiger partial charge in [0.05, 0.1) is 12.2 Å². The Morgan fingerprint density at radius 2 is 2.04 bits per heavy atom. The van der Waals surface area contributed by atoms with E-state index in [1.807, 2.05) is 36.4 Å². The molecule has 2 aromatic rings. The highest BCUT2D eigenvalue weighted by molar-refractivity contribution is 5.71. The Labute approximate surface area is 159 Å². The number of aromatic nitrogens is 1. The third-order valence-corrected chi connectivity index (χ3v) is 4.60. The van der Waals surface area contributed by atoms with E-state index in [1.54, 1.807) is 6.92 Å². The van der Waals surface area contributed by atoms with Crippen molar-refractivity contribution in [3.63, 3.8) is 0 Å². The zero-order valence-corrected chi connectivity index (χ0v) is 16.0. The number of ether oxygens (including phenoxy) is 2. The van der Waals surface area contributed by atoms with Gasteiger partial charge < -0.3 is 14.5 Å². The van der Waals surface area contributed by atoms with E-state index in [4.69, 9.17) is 9.47 Å². The van der Waals surface area contributed by atoms with Crippen LogP contribution in [-0.2, 0) is 4.74 Å². The van der Waals surface area contributed by atoms with E-state index >= 15 is 0 Å². The van der Waals surface area contributed by atoms with Gasteiger partial charge >= 0.3 is 0 Å². The molecule has 0 spiro atoms. The number of benzene rings is 1. The van der Waals surface area contributed by atoms with Gasteiger partial charge in [-0.3, -0.25) is 9.69 Å². The fraction of sp³-hybridized carbons (Fsp3) is 0.429. The SMILES string of the molecule is Cc1cc(-c2cccc(OCCN3CC(C)OC(C)C3)c2)c(C#N)c(=O)[nH]1. The van der Waals surface area contributed by atoms with Gasteiger partial charge in [0.1, 0.15) is 24.0 Å². The average Bonchev–Trinajstić information content (AvgIpc) is 2.60. The minimum Gasteiger partial charge on any atom is -0.492 e. The topological polar surface area (TPSA) is 78.3 Å². The van der Waals surface area contributed by atoms with Gasteiger partial charge in [0.25, 0.3) is 5.56 Å². The third kappa shape index (κ3) is 4.76. The van der Waals surface area contributed by atoms with Gasteiger partial charge in [-0.2, -0.15) is 5.26 Å². The molecular formula is C21H25N3O3. The lowest BCUT2D eigenvalue weighted by Gasteiger charge is -2.35. The highest BCUT2D eigenvalue weighted by atomic mass is 16.5. The van der Waals surface area contributed by atoms with E-state index in [9.17, 15) is 10.1 Å². The molecule has 0 saturated carbocycles. The van der Waals surface area contributed by atoms with Crippen molar-refractivity contribution in [3.05, 3.63) is 51.9 Å². The van der Waals surface area contributed by atoms with Crippen LogP contribution in [-0.4, -0.2) is 48.3 Å². The summed E-state index contributed by atoms with van der Waals surface area (Å²) in [6.07, 6.45) is 0.474. The van der Waals surface area contributed by atoms with E-state index < -0.39 is 0 Å². The predicted octanol–water partition coefficient (Wildman–Crippen LogP) is 2.71. The second-order valence-electron chi connectivity index (χ2n) is 7.08. The Kier molecular flexibility index (Phi) is 5.94. The van der Waals surface area contributed by atoms with Crippen LogP contribution in [0.15, 0.2) is 35.1 Å². The molecule has 0 aliphatic carbocycles. The molecule has 1 aromatic carbocycles. The Morgan fingerprint density at radius 3 is 2.74 bits per heavy atom. The van der Waals surface area contributed by atoms with Crippen molar-refractivity contribution in [2.75, 3.05) is 26.2 Å². The second kappa shape index (κ2) is 8.38. The molecule has 0 bridgehead atoms. The van der Waals surface area contributed by atoms with Gasteiger partial charge in [0.15, 0.2) is 0 Å². The molecular weight excluding hydrogens is 342 g/mol. The average molecular weight is 367 g/mol.